The minimum Gasteiger partial charge on any atom is -0.256 e. The third-order valence-corrected chi connectivity index (χ3v) is 7.10. The van der Waals surface area contributed by atoms with Crippen LogP contribution in [0, 0.1) is 18.6 Å². The number of hydrogen-bond acceptors (Lipinski definition) is 1. The summed E-state index contributed by atoms with van der Waals surface area (Å²) in [4.78, 5) is 4.62. The van der Waals surface area contributed by atoms with Crippen molar-refractivity contribution < 1.29 is 8.50 Å². The first kappa shape index (κ1) is 13.8. The first-order valence-electron chi connectivity index (χ1n) is 10.4. The molecule has 0 unspecified atom stereocenters. The maximum Gasteiger partial charge on any atom is 0.123 e. The summed E-state index contributed by atoms with van der Waals surface area (Å²) in [5, 5.41) is 1.34. The molecule has 0 amide bonds. The third-order valence-electron chi connectivity index (χ3n) is 5.04. The number of rotatable bonds is 4. The van der Waals surface area contributed by atoms with Crippen LogP contribution < -0.4 is 5.19 Å². The van der Waals surface area contributed by atoms with E-state index in [0.29, 0.717) is 17.2 Å². The fourth-order valence-corrected chi connectivity index (χ4v) is 5.34. The second-order valence-corrected chi connectivity index (χ2v) is 13.1. The van der Waals surface area contributed by atoms with Crippen LogP contribution >= 0.6 is 0 Å². The summed E-state index contributed by atoms with van der Waals surface area (Å²) < 4.78 is 37.0. The van der Waals surface area contributed by atoms with E-state index in [1.807, 2.05) is 6.20 Å². The minimum atomic E-state index is -2.37. The van der Waals surface area contributed by atoms with Gasteiger partial charge in [-0.05, 0) is 59.8 Å². The van der Waals surface area contributed by atoms with E-state index in [4.69, 9.17) is 4.11 Å². The zero-order valence-electron chi connectivity index (χ0n) is 17.8. The van der Waals surface area contributed by atoms with Gasteiger partial charge in [0, 0.05) is 15.9 Å². The number of nitrogens with zero attached hydrogens (tertiary/aromatic N) is 1. The van der Waals surface area contributed by atoms with Gasteiger partial charge in [-0.2, -0.15) is 0 Å². The number of benzene rings is 1. The molecule has 2 aromatic rings. The second-order valence-electron chi connectivity index (χ2n) is 8.02. The van der Waals surface area contributed by atoms with E-state index in [1.165, 1.54) is 42.5 Å². The molecule has 1 nitrogen and oxygen atoms in total. The van der Waals surface area contributed by atoms with Gasteiger partial charge in [-0.3, -0.25) is 4.98 Å². The quantitative estimate of drug-likeness (QED) is 0.670. The molecule has 0 saturated heterocycles. The van der Waals surface area contributed by atoms with Crippen LogP contribution in [0.15, 0.2) is 30.5 Å². The van der Waals surface area contributed by atoms with Crippen molar-refractivity contribution in [1.29, 1.82) is 0 Å². The van der Waals surface area contributed by atoms with Crippen molar-refractivity contribution in [1.82, 2.24) is 4.98 Å². The largest absolute Gasteiger partial charge is 0.256 e. The monoisotopic (exact) mass is 344 g/mol. The maximum atomic E-state index is 13.7. The molecule has 0 atom stereocenters. The number of aryl methyl sites for hydroxylation is 1. The summed E-state index contributed by atoms with van der Waals surface area (Å²) in [6.45, 7) is 4.57. The molecular weight excluding hydrogens is 313 g/mol. The van der Waals surface area contributed by atoms with Crippen LogP contribution in [-0.2, 0) is 6.42 Å². The second kappa shape index (κ2) is 6.79. The lowest BCUT2D eigenvalue weighted by atomic mass is 9.96. The van der Waals surface area contributed by atoms with Crippen LogP contribution in [0.5, 0.6) is 0 Å². The molecule has 1 saturated carbocycles. The molecule has 0 bridgehead atoms. The summed E-state index contributed by atoms with van der Waals surface area (Å²) in [7, 11) is -1.57. The first-order valence-corrected chi connectivity index (χ1v) is 12.4. The molecule has 24 heavy (non-hydrogen) atoms. The Balaban J connectivity index is 2.10. The predicted molar refractivity (Wildman–Crippen MR) is 103 cm³/mol. The molecule has 1 aliphatic rings. The van der Waals surface area contributed by atoms with Crippen molar-refractivity contribution in [2.75, 3.05) is 0 Å². The first-order chi connectivity index (χ1) is 12.6. The molecule has 1 heterocycles. The summed E-state index contributed by atoms with van der Waals surface area (Å²) in [5.41, 5.74) is 2.47. The summed E-state index contributed by atoms with van der Waals surface area (Å²) in [6.07, 6.45) is 8.09. The highest BCUT2D eigenvalue weighted by molar-refractivity contribution is 6.89. The van der Waals surface area contributed by atoms with Crippen molar-refractivity contribution in [2.24, 2.45) is 5.92 Å². The number of halogens is 1. The van der Waals surface area contributed by atoms with Gasteiger partial charge >= 0.3 is 0 Å². The normalized spacial score (nSPS) is 18.2. The van der Waals surface area contributed by atoms with Gasteiger partial charge in [0.15, 0.2) is 0 Å². The molecule has 0 radical (unpaired) electrons. The van der Waals surface area contributed by atoms with Crippen molar-refractivity contribution in [3.8, 4) is 11.3 Å². The number of pyridine rings is 1. The fourth-order valence-electron chi connectivity index (χ4n) is 3.75. The molecule has 1 fully saturated rings. The average molecular weight is 345 g/mol. The lowest BCUT2D eigenvalue weighted by Gasteiger charge is -2.23. The van der Waals surface area contributed by atoms with Crippen LogP contribution in [0.25, 0.3) is 11.3 Å². The van der Waals surface area contributed by atoms with E-state index >= 15 is 0 Å². The molecule has 1 aliphatic carbocycles. The highest BCUT2D eigenvalue weighted by Gasteiger charge is 2.24. The molecule has 0 aliphatic heterocycles. The van der Waals surface area contributed by atoms with Gasteiger partial charge < -0.3 is 0 Å². The van der Waals surface area contributed by atoms with Gasteiger partial charge in [0.05, 0.1) is 13.8 Å². The smallest absolute Gasteiger partial charge is 0.123 e. The highest BCUT2D eigenvalue weighted by atomic mass is 28.3. The Bertz CT molecular complexity index is 821. The SMILES string of the molecule is [2H]C([2H])([2H])c1cc(F)ccc1-c1cc(CC2CCCC2)c([Si](C)(C)C)cn1. The Kier molecular flexibility index (Phi) is 3.90. The Morgan fingerprint density at radius 2 is 1.96 bits per heavy atom. The summed E-state index contributed by atoms with van der Waals surface area (Å²) >= 11 is 0. The van der Waals surface area contributed by atoms with Crippen LogP contribution in [0.3, 0.4) is 0 Å². The van der Waals surface area contributed by atoms with Crippen molar-refractivity contribution in [2.45, 2.75) is 58.6 Å². The fraction of sp³-hybridized carbons (Fsp3) is 0.476. The van der Waals surface area contributed by atoms with Crippen LogP contribution in [0.1, 0.15) is 40.9 Å². The van der Waals surface area contributed by atoms with Gasteiger partial charge in [-0.15, -0.1) is 0 Å². The van der Waals surface area contributed by atoms with Crippen molar-refractivity contribution in [3.05, 3.63) is 47.4 Å². The van der Waals surface area contributed by atoms with E-state index in [9.17, 15) is 4.39 Å². The van der Waals surface area contributed by atoms with Crippen molar-refractivity contribution in [3.63, 3.8) is 0 Å². The Labute approximate surface area is 150 Å². The Morgan fingerprint density at radius 1 is 1.21 bits per heavy atom. The molecule has 0 N–H and O–H groups in total. The maximum absolute atomic E-state index is 13.7. The Hall–Kier alpha value is -1.48. The van der Waals surface area contributed by atoms with E-state index in [0.717, 1.165) is 12.5 Å². The Morgan fingerprint density at radius 3 is 2.62 bits per heavy atom. The zero-order valence-corrected chi connectivity index (χ0v) is 15.8. The highest BCUT2D eigenvalue weighted by Crippen LogP contribution is 2.30. The van der Waals surface area contributed by atoms with Gasteiger partial charge in [0.2, 0.25) is 0 Å². The van der Waals surface area contributed by atoms with Gasteiger partial charge in [-0.25, -0.2) is 4.39 Å². The molecule has 3 heteroatoms. The van der Waals surface area contributed by atoms with E-state index in [1.54, 1.807) is 6.07 Å². The van der Waals surface area contributed by atoms with Gasteiger partial charge in [0.1, 0.15) is 5.82 Å². The van der Waals surface area contributed by atoms with Gasteiger partial charge in [0.25, 0.3) is 0 Å². The molecule has 1 aromatic carbocycles. The zero-order chi connectivity index (χ0) is 19.8. The standard InChI is InChI=1S/C21H28FNSi/c1-15-11-18(22)9-10-19(15)20-13-17(12-16-7-5-6-8-16)21(14-23-20)24(2,3)4/h9-11,13-14,16H,5-8,12H2,1-4H3/i1D3. The minimum absolute atomic E-state index is 0.0302. The lowest BCUT2D eigenvalue weighted by Crippen LogP contribution is -2.41. The third kappa shape index (κ3) is 3.77. The molecule has 1 aromatic heterocycles. The van der Waals surface area contributed by atoms with Crippen LogP contribution in [-0.4, -0.2) is 13.1 Å². The van der Waals surface area contributed by atoms with Crippen LogP contribution in [0.4, 0.5) is 4.39 Å². The molecular formula is C21H28FNSi. The summed E-state index contributed by atoms with van der Waals surface area (Å²) in [6, 6.07) is 6.05. The number of aromatic nitrogens is 1. The molecule has 0 spiro atoms. The van der Waals surface area contributed by atoms with E-state index < -0.39 is 20.7 Å². The van der Waals surface area contributed by atoms with E-state index in [-0.39, 0.29) is 5.56 Å². The predicted octanol–water partition coefficient (Wildman–Crippen LogP) is 5.47. The summed E-state index contributed by atoms with van der Waals surface area (Å²) in [5.74, 6) is 0.167. The number of hydrogen-bond donors (Lipinski definition) is 0. The average Bonchev–Trinajstić information content (AvgIpc) is 3.06. The van der Waals surface area contributed by atoms with Crippen LogP contribution in [0.2, 0.25) is 19.6 Å². The topological polar surface area (TPSA) is 12.9 Å². The van der Waals surface area contributed by atoms with Crippen molar-refractivity contribution >= 4 is 13.3 Å². The molecule has 3 rings (SSSR count). The van der Waals surface area contributed by atoms with Gasteiger partial charge in [-0.1, -0.05) is 45.3 Å². The van der Waals surface area contributed by atoms with E-state index in [2.05, 4.69) is 30.7 Å². The lowest BCUT2D eigenvalue weighted by molar-refractivity contribution is 0.547. The molecule has 128 valence electrons.